The zero-order valence-corrected chi connectivity index (χ0v) is 11.7. The Kier molecular flexibility index (Phi) is 3.53. The summed E-state index contributed by atoms with van der Waals surface area (Å²) < 4.78 is 1.70. The summed E-state index contributed by atoms with van der Waals surface area (Å²) in [5.74, 6) is -0.383. The molecule has 2 aromatic rings. The lowest BCUT2D eigenvalue weighted by atomic mass is 10.2. The number of hydrogen-bond donors (Lipinski definition) is 1. The van der Waals surface area contributed by atoms with E-state index in [-0.39, 0.29) is 18.2 Å². The van der Waals surface area contributed by atoms with E-state index in [1.54, 1.807) is 16.8 Å². The minimum Gasteiger partial charge on any atom is -0.300 e. The number of nitrogens with one attached hydrogen (secondary N) is 1. The lowest BCUT2D eigenvalue weighted by molar-refractivity contribution is -0.121. The summed E-state index contributed by atoms with van der Waals surface area (Å²) in [6.45, 7) is 0.465. The molecule has 0 spiro atoms. The van der Waals surface area contributed by atoms with E-state index in [0.717, 1.165) is 5.69 Å². The normalized spacial score (nSPS) is 18.5. The van der Waals surface area contributed by atoms with Crippen LogP contribution in [-0.2, 0) is 23.2 Å². The highest BCUT2D eigenvalue weighted by Crippen LogP contribution is 2.22. The van der Waals surface area contributed by atoms with Crippen LogP contribution in [0.3, 0.4) is 0 Å². The molecule has 1 aromatic carbocycles. The molecule has 108 valence electrons. The molecule has 1 unspecified atom stereocenters. The van der Waals surface area contributed by atoms with Gasteiger partial charge in [0, 0.05) is 19.8 Å². The number of carbonyl (C=O) groups excluding carboxylic acids is 2. The van der Waals surface area contributed by atoms with Crippen molar-refractivity contribution in [3.8, 4) is 0 Å². The second kappa shape index (κ2) is 5.49. The first kappa shape index (κ1) is 13.5. The maximum absolute atomic E-state index is 12.4. The zero-order valence-electron chi connectivity index (χ0n) is 11.7. The van der Waals surface area contributed by atoms with Gasteiger partial charge in [-0.15, -0.1) is 0 Å². The van der Waals surface area contributed by atoms with Gasteiger partial charge in [0.2, 0.25) is 5.91 Å². The lowest BCUT2D eigenvalue weighted by Gasteiger charge is -2.15. The second-order valence-electron chi connectivity index (χ2n) is 5.02. The minimum absolute atomic E-state index is 0.176. The number of imide groups is 1. The van der Waals surface area contributed by atoms with E-state index in [4.69, 9.17) is 0 Å². The van der Waals surface area contributed by atoms with Crippen LogP contribution in [0.4, 0.5) is 5.69 Å². The predicted molar refractivity (Wildman–Crippen MR) is 77.4 cm³/mol. The van der Waals surface area contributed by atoms with E-state index in [1.807, 2.05) is 37.5 Å². The van der Waals surface area contributed by atoms with Crippen molar-refractivity contribution in [1.82, 2.24) is 15.1 Å². The third-order valence-corrected chi connectivity index (χ3v) is 3.46. The summed E-state index contributed by atoms with van der Waals surface area (Å²) >= 11 is 0. The molecular weight excluding hydrogens is 268 g/mol. The smallest absolute Gasteiger partial charge is 0.251 e. The van der Waals surface area contributed by atoms with Crippen molar-refractivity contribution in [3.63, 3.8) is 0 Å². The van der Waals surface area contributed by atoms with Gasteiger partial charge in [0.05, 0.1) is 23.8 Å². The van der Waals surface area contributed by atoms with Crippen LogP contribution in [0.15, 0.2) is 42.6 Å². The van der Waals surface area contributed by atoms with Gasteiger partial charge in [-0.1, -0.05) is 18.2 Å². The minimum atomic E-state index is -0.486. The molecule has 1 fully saturated rings. The first-order valence-corrected chi connectivity index (χ1v) is 6.79. The van der Waals surface area contributed by atoms with Gasteiger partial charge in [-0.25, -0.2) is 4.90 Å². The molecule has 0 radical (unpaired) electrons. The lowest BCUT2D eigenvalue weighted by Crippen LogP contribution is -2.38. The largest absolute Gasteiger partial charge is 0.300 e. The average Bonchev–Trinajstić information content (AvgIpc) is 3.01. The molecule has 21 heavy (non-hydrogen) atoms. The molecule has 6 heteroatoms. The van der Waals surface area contributed by atoms with Crippen LogP contribution in [0, 0.1) is 0 Å². The number of para-hydroxylation sites is 1. The summed E-state index contributed by atoms with van der Waals surface area (Å²) in [7, 11) is 1.84. The van der Waals surface area contributed by atoms with Gasteiger partial charge >= 0.3 is 0 Å². The molecule has 1 aliphatic rings. The number of carbonyl (C=O) groups is 2. The van der Waals surface area contributed by atoms with E-state index in [2.05, 4.69) is 10.4 Å². The number of amides is 2. The van der Waals surface area contributed by atoms with Crippen LogP contribution in [-0.4, -0.2) is 27.6 Å². The van der Waals surface area contributed by atoms with Crippen molar-refractivity contribution < 1.29 is 9.59 Å². The molecule has 0 aliphatic carbocycles. The molecular formula is C15H16N4O2. The van der Waals surface area contributed by atoms with Gasteiger partial charge in [-0.3, -0.25) is 19.6 Å². The van der Waals surface area contributed by atoms with Crippen molar-refractivity contribution in [1.29, 1.82) is 0 Å². The first-order chi connectivity index (χ1) is 10.1. The van der Waals surface area contributed by atoms with Crippen molar-refractivity contribution in [2.45, 2.75) is 19.0 Å². The highest BCUT2D eigenvalue weighted by atomic mass is 16.2. The maximum atomic E-state index is 12.4. The summed E-state index contributed by atoms with van der Waals surface area (Å²) in [6, 6.07) is 10.4. The van der Waals surface area contributed by atoms with E-state index >= 15 is 0 Å². The number of rotatable bonds is 4. The number of hydrogen-bond acceptors (Lipinski definition) is 4. The van der Waals surface area contributed by atoms with Gasteiger partial charge in [0.1, 0.15) is 0 Å². The van der Waals surface area contributed by atoms with Crippen LogP contribution in [0.2, 0.25) is 0 Å². The SMILES string of the molecule is Cn1ccc(CNC2CC(=O)N(c3ccccc3)C2=O)n1. The van der Waals surface area contributed by atoms with Gasteiger partial charge in [-0.05, 0) is 18.2 Å². The number of anilines is 1. The topological polar surface area (TPSA) is 67.2 Å². The molecule has 1 aliphatic heterocycles. The monoisotopic (exact) mass is 284 g/mol. The van der Waals surface area contributed by atoms with Crippen LogP contribution in [0.25, 0.3) is 0 Å². The maximum Gasteiger partial charge on any atom is 0.251 e. The summed E-state index contributed by atoms with van der Waals surface area (Å²) in [4.78, 5) is 25.7. The summed E-state index contributed by atoms with van der Waals surface area (Å²) in [5.41, 5.74) is 1.46. The van der Waals surface area contributed by atoms with E-state index in [9.17, 15) is 9.59 Å². The quantitative estimate of drug-likeness (QED) is 0.845. The number of nitrogens with zero attached hydrogens (tertiary/aromatic N) is 3. The highest BCUT2D eigenvalue weighted by Gasteiger charge is 2.39. The third-order valence-electron chi connectivity index (χ3n) is 3.46. The van der Waals surface area contributed by atoms with Crippen LogP contribution < -0.4 is 10.2 Å². The van der Waals surface area contributed by atoms with Crippen molar-refractivity contribution >= 4 is 17.5 Å². The average molecular weight is 284 g/mol. The molecule has 1 atom stereocenters. The van der Waals surface area contributed by atoms with Crippen LogP contribution in [0.5, 0.6) is 0 Å². The fourth-order valence-electron chi connectivity index (χ4n) is 2.42. The molecule has 0 saturated carbocycles. The van der Waals surface area contributed by atoms with Gasteiger partial charge < -0.3 is 0 Å². The van der Waals surface area contributed by atoms with Gasteiger partial charge in [-0.2, -0.15) is 5.10 Å². The van der Waals surface area contributed by atoms with Crippen molar-refractivity contribution in [3.05, 3.63) is 48.3 Å². The van der Waals surface area contributed by atoms with Crippen LogP contribution in [0.1, 0.15) is 12.1 Å². The third kappa shape index (κ3) is 2.71. The highest BCUT2D eigenvalue weighted by molar-refractivity contribution is 6.22. The Labute approximate surface area is 122 Å². The van der Waals surface area contributed by atoms with Gasteiger partial charge in [0.25, 0.3) is 5.91 Å². The molecule has 2 amide bonds. The van der Waals surface area contributed by atoms with Crippen molar-refractivity contribution in [2.75, 3.05) is 4.90 Å². The molecule has 1 N–H and O–H groups in total. The summed E-state index contributed by atoms with van der Waals surface area (Å²) in [6.07, 6.45) is 2.02. The zero-order chi connectivity index (χ0) is 14.8. The predicted octanol–water partition coefficient (Wildman–Crippen LogP) is 0.842. The fourth-order valence-corrected chi connectivity index (χ4v) is 2.42. The Bertz CT molecular complexity index is 665. The van der Waals surface area contributed by atoms with Crippen molar-refractivity contribution in [2.24, 2.45) is 7.05 Å². The van der Waals surface area contributed by atoms with E-state index < -0.39 is 6.04 Å². The fraction of sp³-hybridized carbons (Fsp3) is 0.267. The molecule has 1 aromatic heterocycles. The van der Waals surface area contributed by atoms with Gasteiger partial charge in [0.15, 0.2) is 0 Å². The Morgan fingerprint density at radius 3 is 2.67 bits per heavy atom. The number of aromatic nitrogens is 2. The van der Waals surface area contributed by atoms with Crippen LogP contribution >= 0.6 is 0 Å². The standard InChI is InChI=1S/C15H16N4O2/c1-18-8-7-11(17-18)10-16-13-9-14(20)19(15(13)21)12-5-3-2-4-6-12/h2-8,13,16H,9-10H2,1H3. The summed E-state index contributed by atoms with van der Waals surface area (Å²) in [5, 5.41) is 7.34. The Morgan fingerprint density at radius 1 is 1.24 bits per heavy atom. The molecule has 2 heterocycles. The number of benzene rings is 1. The second-order valence-corrected chi connectivity index (χ2v) is 5.02. The Balaban J connectivity index is 1.69. The van der Waals surface area contributed by atoms with E-state index in [1.165, 1.54) is 4.90 Å². The molecule has 3 rings (SSSR count). The number of aryl methyl sites for hydroxylation is 1. The molecule has 1 saturated heterocycles. The molecule has 0 bridgehead atoms. The van der Waals surface area contributed by atoms with E-state index in [0.29, 0.717) is 12.2 Å². The Hall–Kier alpha value is -2.47. The first-order valence-electron chi connectivity index (χ1n) is 6.79. The Morgan fingerprint density at radius 2 is 2.00 bits per heavy atom. The molecule has 6 nitrogen and oxygen atoms in total.